The van der Waals surface area contributed by atoms with Crippen LogP contribution in [0.1, 0.15) is 12.0 Å². The van der Waals surface area contributed by atoms with Gasteiger partial charge >= 0.3 is 12.0 Å². The number of carbonyl (C=O) groups is 2. The van der Waals surface area contributed by atoms with Crippen LogP contribution in [0.25, 0.3) is 0 Å². The molecule has 0 spiro atoms. The maximum Gasteiger partial charge on any atom is 0.326 e. The van der Waals surface area contributed by atoms with Gasteiger partial charge in [0.1, 0.15) is 11.8 Å². The number of carboxylic acid groups (broad SMARTS) is 1. The molecule has 1 atom stereocenters. The Bertz CT molecular complexity index is 464. The molecule has 0 aliphatic rings. The topological polar surface area (TPSA) is 108 Å². The summed E-state index contributed by atoms with van der Waals surface area (Å²) in [6, 6.07) is 5.45. The van der Waals surface area contributed by atoms with Crippen molar-refractivity contribution in [1.82, 2.24) is 10.6 Å². The lowest BCUT2D eigenvalue weighted by molar-refractivity contribution is -0.139. The van der Waals surface area contributed by atoms with E-state index in [0.29, 0.717) is 5.75 Å². The van der Waals surface area contributed by atoms with Gasteiger partial charge in [0.2, 0.25) is 0 Å². The van der Waals surface area contributed by atoms with Gasteiger partial charge < -0.3 is 25.6 Å². The first-order valence-electron chi connectivity index (χ1n) is 6.08. The third kappa shape index (κ3) is 4.77. The Morgan fingerprint density at radius 1 is 1.35 bits per heavy atom. The van der Waals surface area contributed by atoms with Crippen molar-refractivity contribution in [3.8, 4) is 5.75 Å². The van der Waals surface area contributed by atoms with Crippen LogP contribution in [0.3, 0.4) is 0 Å². The molecule has 0 aliphatic carbocycles. The number of benzene rings is 1. The van der Waals surface area contributed by atoms with Crippen LogP contribution in [0.15, 0.2) is 24.3 Å². The SMILES string of the molecule is COc1ccccc1CNC(=O)NC(CCO)C(=O)O. The Morgan fingerprint density at radius 3 is 2.65 bits per heavy atom. The minimum Gasteiger partial charge on any atom is -0.496 e. The van der Waals surface area contributed by atoms with Crippen molar-refractivity contribution in [2.45, 2.75) is 19.0 Å². The fourth-order valence-corrected chi connectivity index (χ4v) is 1.62. The molecule has 0 radical (unpaired) electrons. The zero-order valence-corrected chi connectivity index (χ0v) is 11.1. The number of aliphatic hydroxyl groups excluding tert-OH is 1. The van der Waals surface area contributed by atoms with Crippen LogP contribution in [0.4, 0.5) is 4.79 Å². The van der Waals surface area contributed by atoms with Crippen molar-refractivity contribution in [3.63, 3.8) is 0 Å². The summed E-state index contributed by atoms with van der Waals surface area (Å²) in [7, 11) is 1.53. The summed E-state index contributed by atoms with van der Waals surface area (Å²) < 4.78 is 5.14. The van der Waals surface area contributed by atoms with Crippen LogP contribution in [-0.2, 0) is 11.3 Å². The highest BCUT2D eigenvalue weighted by Crippen LogP contribution is 2.16. The first-order chi connectivity index (χ1) is 9.58. The molecule has 0 heterocycles. The smallest absolute Gasteiger partial charge is 0.326 e. The van der Waals surface area contributed by atoms with Gasteiger partial charge in [-0.3, -0.25) is 0 Å². The molecule has 20 heavy (non-hydrogen) atoms. The van der Waals surface area contributed by atoms with Gasteiger partial charge in [-0.05, 0) is 6.07 Å². The maximum atomic E-state index is 11.6. The highest BCUT2D eigenvalue weighted by atomic mass is 16.5. The lowest BCUT2D eigenvalue weighted by Crippen LogP contribution is -2.46. The van der Waals surface area contributed by atoms with Crippen molar-refractivity contribution in [1.29, 1.82) is 0 Å². The lowest BCUT2D eigenvalue weighted by atomic mass is 10.2. The number of carboxylic acids is 1. The van der Waals surface area contributed by atoms with E-state index < -0.39 is 18.0 Å². The van der Waals surface area contributed by atoms with E-state index in [1.807, 2.05) is 12.1 Å². The summed E-state index contributed by atoms with van der Waals surface area (Å²) in [5, 5.41) is 22.4. The monoisotopic (exact) mass is 282 g/mol. The first kappa shape index (κ1) is 15.8. The lowest BCUT2D eigenvalue weighted by Gasteiger charge is -2.14. The second-order valence-electron chi connectivity index (χ2n) is 4.04. The zero-order valence-electron chi connectivity index (χ0n) is 11.1. The molecule has 110 valence electrons. The van der Waals surface area contributed by atoms with Crippen molar-refractivity contribution >= 4 is 12.0 Å². The Hall–Kier alpha value is -2.28. The largest absolute Gasteiger partial charge is 0.496 e. The number of hydrogen-bond acceptors (Lipinski definition) is 4. The van der Waals surface area contributed by atoms with Gasteiger partial charge in [0.25, 0.3) is 0 Å². The van der Waals surface area contributed by atoms with E-state index in [1.165, 1.54) is 7.11 Å². The molecule has 2 amide bonds. The molecule has 0 bridgehead atoms. The molecule has 1 aromatic rings. The second kappa shape index (κ2) is 8.00. The molecule has 7 nitrogen and oxygen atoms in total. The highest BCUT2D eigenvalue weighted by Gasteiger charge is 2.18. The molecule has 1 aromatic carbocycles. The fraction of sp³-hybridized carbons (Fsp3) is 0.385. The molecule has 1 unspecified atom stereocenters. The molecule has 1 rings (SSSR count). The average molecular weight is 282 g/mol. The minimum atomic E-state index is -1.19. The molecular formula is C13H18N2O5. The van der Waals surface area contributed by atoms with Crippen LogP contribution < -0.4 is 15.4 Å². The van der Waals surface area contributed by atoms with Crippen LogP contribution >= 0.6 is 0 Å². The van der Waals surface area contributed by atoms with Crippen molar-refractivity contribution < 1.29 is 24.5 Å². The Kier molecular flexibility index (Phi) is 6.31. The van der Waals surface area contributed by atoms with Crippen LogP contribution in [0.5, 0.6) is 5.75 Å². The van der Waals surface area contributed by atoms with Gasteiger partial charge in [0.15, 0.2) is 0 Å². The number of aliphatic carboxylic acids is 1. The van der Waals surface area contributed by atoms with Crippen molar-refractivity contribution in [3.05, 3.63) is 29.8 Å². The van der Waals surface area contributed by atoms with E-state index >= 15 is 0 Å². The van der Waals surface area contributed by atoms with Gasteiger partial charge in [0, 0.05) is 25.1 Å². The average Bonchev–Trinajstić information content (AvgIpc) is 2.44. The summed E-state index contributed by atoms with van der Waals surface area (Å²) in [6.45, 7) is -0.106. The van der Waals surface area contributed by atoms with E-state index in [0.717, 1.165) is 5.56 Å². The Labute approximate surface area is 116 Å². The number of urea groups is 1. The summed E-state index contributed by atoms with van der Waals surface area (Å²) in [5.41, 5.74) is 0.777. The summed E-state index contributed by atoms with van der Waals surface area (Å²) >= 11 is 0. The number of hydrogen-bond donors (Lipinski definition) is 4. The van der Waals surface area contributed by atoms with Crippen molar-refractivity contribution in [2.75, 3.05) is 13.7 Å². The third-order valence-corrected chi connectivity index (χ3v) is 2.65. The quantitative estimate of drug-likeness (QED) is 0.576. The van der Waals surface area contributed by atoms with E-state index in [-0.39, 0.29) is 19.6 Å². The predicted molar refractivity (Wildman–Crippen MR) is 71.5 cm³/mol. The number of ether oxygens (including phenoxy) is 1. The molecule has 7 heteroatoms. The highest BCUT2D eigenvalue weighted by molar-refractivity contribution is 5.82. The van der Waals surface area contributed by atoms with E-state index in [4.69, 9.17) is 14.9 Å². The van der Waals surface area contributed by atoms with Gasteiger partial charge in [0.05, 0.1) is 7.11 Å². The molecular weight excluding hydrogens is 264 g/mol. The van der Waals surface area contributed by atoms with Gasteiger partial charge in [-0.25, -0.2) is 9.59 Å². The Morgan fingerprint density at radius 2 is 2.05 bits per heavy atom. The molecule has 0 aliphatic heterocycles. The van der Waals surface area contributed by atoms with E-state index in [2.05, 4.69) is 10.6 Å². The number of rotatable bonds is 7. The van der Waals surface area contributed by atoms with Crippen LogP contribution in [0.2, 0.25) is 0 Å². The fourth-order valence-electron chi connectivity index (χ4n) is 1.62. The Balaban J connectivity index is 2.52. The normalized spacial score (nSPS) is 11.5. The standard InChI is InChI=1S/C13H18N2O5/c1-20-11-5-3-2-4-9(11)8-14-13(19)15-10(6-7-16)12(17)18/h2-5,10,16H,6-8H2,1H3,(H,17,18)(H2,14,15,19). The molecule has 0 aromatic heterocycles. The van der Waals surface area contributed by atoms with E-state index in [1.54, 1.807) is 12.1 Å². The number of aliphatic hydroxyl groups is 1. The number of methoxy groups -OCH3 is 1. The number of amides is 2. The molecule has 0 saturated carbocycles. The minimum absolute atomic E-state index is 0.0442. The summed E-state index contributed by atoms with van der Waals surface area (Å²) in [4.78, 5) is 22.4. The summed E-state index contributed by atoms with van der Waals surface area (Å²) in [6.07, 6.45) is -0.0442. The van der Waals surface area contributed by atoms with Crippen molar-refractivity contribution in [2.24, 2.45) is 0 Å². The predicted octanol–water partition coefficient (Wildman–Crippen LogP) is 0.330. The summed E-state index contributed by atoms with van der Waals surface area (Å²) in [5.74, 6) is -0.551. The number of carbonyl (C=O) groups excluding carboxylic acids is 1. The number of nitrogens with one attached hydrogen (secondary N) is 2. The van der Waals surface area contributed by atoms with Gasteiger partial charge in [-0.1, -0.05) is 18.2 Å². The van der Waals surface area contributed by atoms with Gasteiger partial charge in [-0.15, -0.1) is 0 Å². The third-order valence-electron chi connectivity index (χ3n) is 2.65. The van der Waals surface area contributed by atoms with Crippen LogP contribution in [0, 0.1) is 0 Å². The van der Waals surface area contributed by atoms with Gasteiger partial charge in [-0.2, -0.15) is 0 Å². The van der Waals surface area contributed by atoms with Crippen LogP contribution in [-0.4, -0.2) is 42.0 Å². The maximum absolute atomic E-state index is 11.6. The molecule has 0 saturated heterocycles. The van der Waals surface area contributed by atoms with E-state index in [9.17, 15) is 9.59 Å². The molecule has 4 N–H and O–H groups in total. The second-order valence-corrected chi connectivity index (χ2v) is 4.04. The first-order valence-corrected chi connectivity index (χ1v) is 6.08. The zero-order chi connectivity index (χ0) is 15.0. The number of para-hydroxylation sites is 1. The molecule has 0 fully saturated rings.